The zero-order chi connectivity index (χ0) is 13.2. The molecule has 104 valence electrons. The Morgan fingerprint density at radius 3 is 2.44 bits per heavy atom. The minimum Gasteiger partial charge on any atom is -0.453 e. The van der Waals surface area contributed by atoms with Gasteiger partial charge in [-0.3, -0.25) is 0 Å². The van der Waals surface area contributed by atoms with Gasteiger partial charge in [0.25, 0.3) is 0 Å². The molecule has 1 rings (SSSR count). The van der Waals surface area contributed by atoms with Crippen LogP contribution in [0.3, 0.4) is 0 Å². The summed E-state index contributed by atoms with van der Waals surface area (Å²) < 4.78 is 6.47. The summed E-state index contributed by atoms with van der Waals surface area (Å²) in [6, 6.07) is 4.41. The van der Waals surface area contributed by atoms with Gasteiger partial charge in [0.15, 0.2) is 4.67 Å². The second-order valence-electron chi connectivity index (χ2n) is 4.81. The molecule has 1 unspecified atom stereocenters. The van der Waals surface area contributed by atoms with E-state index in [0.717, 1.165) is 17.0 Å². The van der Waals surface area contributed by atoms with Crippen molar-refractivity contribution in [3.05, 3.63) is 22.6 Å². The molecule has 0 fully saturated rings. The maximum Gasteiger partial charge on any atom is 0.169 e. The first-order valence-corrected chi connectivity index (χ1v) is 8.05. The van der Waals surface area contributed by atoms with Gasteiger partial charge in [-0.2, -0.15) is 0 Å². The fraction of sp³-hybridized carbons (Fsp3) is 0.733. The van der Waals surface area contributed by atoms with E-state index in [2.05, 4.69) is 41.2 Å². The van der Waals surface area contributed by atoms with Crippen molar-refractivity contribution < 1.29 is 4.42 Å². The van der Waals surface area contributed by atoms with E-state index in [-0.39, 0.29) is 0 Å². The SMILES string of the molecule is CCCCCCCCC(NCC)c1ccc(Br)o1. The number of nitrogens with one attached hydrogen (secondary N) is 1. The molecular weight excluding hydrogens is 290 g/mol. The summed E-state index contributed by atoms with van der Waals surface area (Å²) in [4.78, 5) is 0. The van der Waals surface area contributed by atoms with Crippen LogP contribution < -0.4 is 5.32 Å². The lowest BCUT2D eigenvalue weighted by molar-refractivity contribution is 0.381. The highest BCUT2D eigenvalue weighted by Crippen LogP contribution is 2.24. The monoisotopic (exact) mass is 315 g/mol. The molecule has 1 aromatic heterocycles. The highest BCUT2D eigenvalue weighted by molar-refractivity contribution is 9.10. The standard InChI is InChI=1S/C15H26BrNO/c1-3-5-6-7-8-9-10-13(17-4-2)14-11-12-15(16)18-14/h11-13,17H,3-10H2,1-2H3. The third kappa shape index (κ3) is 6.05. The van der Waals surface area contributed by atoms with E-state index in [1.807, 2.05) is 6.07 Å². The molecular formula is C15H26BrNO. The van der Waals surface area contributed by atoms with Crippen LogP contribution in [0.5, 0.6) is 0 Å². The zero-order valence-electron chi connectivity index (χ0n) is 11.7. The average molecular weight is 316 g/mol. The van der Waals surface area contributed by atoms with Gasteiger partial charge >= 0.3 is 0 Å². The number of hydrogen-bond donors (Lipinski definition) is 1. The summed E-state index contributed by atoms with van der Waals surface area (Å²) >= 11 is 3.37. The fourth-order valence-corrected chi connectivity index (χ4v) is 2.55. The number of halogens is 1. The number of unbranched alkanes of at least 4 members (excludes halogenated alkanes) is 5. The van der Waals surface area contributed by atoms with Crippen molar-refractivity contribution in [2.75, 3.05) is 6.54 Å². The lowest BCUT2D eigenvalue weighted by Gasteiger charge is -2.15. The van der Waals surface area contributed by atoms with E-state index >= 15 is 0 Å². The van der Waals surface area contributed by atoms with Crippen LogP contribution in [0.1, 0.15) is 70.6 Å². The lowest BCUT2D eigenvalue weighted by atomic mass is 10.0. The van der Waals surface area contributed by atoms with Crippen LogP contribution in [0.15, 0.2) is 21.2 Å². The van der Waals surface area contributed by atoms with Crippen LogP contribution in [0.2, 0.25) is 0 Å². The number of rotatable bonds is 10. The van der Waals surface area contributed by atoms with Crippen LogP contribution in [-0.4, -0.2) is 6.54 Å². The predicted molar refractivity (Wildman–Crippen MR) is 80.8 cm³/mol. The Morgan fingerprint density at radius 1 is 1.11 bits per heavy atom. The van der Waals surface area contributed by atoms with Crippen LogP contribution in [0.4, 0.5) is 0 Å². The maximum atomic E-state index is 5.65. The summed E-state index contributed by atoms with van der Waals surface area (Å²) in [5.74, 6) is 1.05. The quantitative estimate of drug-likeness (QED) is 0.581. The molecule has 1 N–H and O–H groups in total. The minimum absolute atomic E-state index is 0.368. The summed E-state index contributed by atoms with van der Waals surface area (Å²) in [5, 5.41) is 3.50. The molecule has 0 amide bonds. The fourth-order valence-electron chi connectivity index (χ4n) is 2.24. The maximum absolute atomic E-state index is 5.65. The van der Waals surface area contributed by atoms with E-state index in [1.54, 1.807) is 0 Å². The Labute approximate surface area is 120 Å². The van der Waals surface area contributed by atoms with Crippen molar-refractivity contribution in [2.24, 2.45) is 0 Å². The zero-order valence-corrected chi connectivity index (χ0v) is 13.3. The summed E-state index contributed by atoms with van der Waals surface area (Å²) in [7, 11) is 0. The first-order chi connectivity index (χ1) is 8.77. The van der Waals surface area contributed by atoms with Gasteiger partial charge in [0, 0.05) is 0 Å². The molecule has 1 heterocycles. The highest BCUT2D eigenvalue weighted by Gasteiger charge is 2.13. The Morgan fingerprint density at radius 2 is 1.83 bits per heavy atom. The third-order valence-corrected chi connectivity index (χ3v) is 3.66. The predicted octanol–water partition coefficient (Wildman–Crippen LogP) is 5.44. The van der Waals surface area contributed by atoms with Crippen molar-refractivity contribution in [1.29, 1.82) is 0 Å². The van der Waals surface area contributed by atoms with Crippen molar-refractivity contribution in [1.82, 2.24) is 5.32 Å². The van der Waals surface area contributed by atoms with Gasteiger partial charge in [0.1, 0.15) is 5.76 Å². The molecule has 3 heteroatoms. The molecule has 1 atom stereocenters. The molecule has 0 saturated carbocycles. The van der Waals surface area contributed by atoms with Crippen LogP contribution in [0, 0.1) is 0 Å². The topological polar surface area (TPSA) is 25.2 Å². The Balaban J connectivity index is 2.26. The lowest BCUT2D eigenvalue weighted by Crippen LogP contribution is -2.20. The molecule has 0 saturated heterocycles. The van der Waals surface area contributed by atoms with Gasteiger partial charge in [-0.1, -0.05) is 52.4 Å². The summed E-state index contributed by atoms with van der Waals surface area (Å²) in [6.07, 6.45) is 9.23. The van der Waals surface area contributed by atoms with Gasteiger partial charge < -0.3 is 9.73 Å². The normalized spacial score (nSPS) is 12.8. The molecule has 2 nitrogen and oxygen atoms in total. The van der Waals surface area contributed by atoms with E-state index in [1.165, 1.54) is 44.9 Å². The van der Waals surface area contributed by atoms with Gasteiger partial charge in [0.05, 0.1) is 6.04 Å². The number of furan rings is 1. The van der Waals surface area contributed by atoms with Crippen molar-refractivity contribution >= 4 is 15.9 Å². The second-order valence-corrected chi connectivity index (χ2v) is 5.59. The summed E-state index contributed by atoms with van der Waals surface area (Å²) in [5.41, 5.74) is 0. The first kappa shape index (κ1) is 15.8. The molecule has 0 spiro atoms. The highest BCUT2D eigenvalue weighted by atomic mass is 79.9. The Kier molecular flexibility index (Phi) is 8.44. The Hall–Kier alpha value is -0.280. The van der Waals surface area contributed by atoms with Gasteiger partial charge in [-0.05, 0) is 41.0 Å². The first-order valence-electron chi connectivity index (χ1n) is 7.26. The van der Waals surface area contributed by atoms with Crippen molar-refractivity contribution in [2.45, 2.75) is 64.8 Å². The van der Waals surface area contributed by atoms with Crippen LogP contribution >= 0.6 is 15.9 Å². The van der Waals surface area contributed by atoms with Crippen molar-refractivity contribution in [3.63, 3.8) is 0 Å². The molecule has 0 aromatic carbocycles. The van der Waals surface area contributed by atoms with Crippen LogP contribution in [0.25, 0.3) is 0 Å². The van der Waals surface area contributed by atoms with E-state index in [9.17, 15) is 0 Å². The largest absolute Gasteiger partial charge is 0.453 e. The smallest absolute Gasteiger partial charge is 0.169 e. The summed E-state index contributed by atoms with van der Waals surface area (Å²) in [6.45, 7) is 5.39. The van der Waals surface area contributed by atoms with E-state index in [0.29, 0.717) is 6.04 Å². The molecule has 0 aliphatic rings. The average Bonchev–Trinajstić information content (AvgIpc) is 2.79. The van der Waals surface area contributed by atoms with E-state index in [4.69, 9.17) is 4.42 Å². The third-order valence-electron chi connectivity index (χ3n) is 3.23. The molecule has 0 aliphatic heterocycles. The van der Waals surface area contributed by atoms with Gasteiger partial charge in [0.2, 0.25) is 0 Å². The van der Waals surface area contributed by atoms with Crippen molar-refractivity contribution in [3.8, 4) is 0 Å². The molecule has 0 bridgehead atoms. The van der Waals surface area contributed by atoms with Crippen LogP contribution in [-0.2, 0) is 0 Å². The van der Waals surface area contributed by atoms with E-state index < -0.39 is 0 Å². The second kappa shape index (κ2) is 9.62. The molecule has 1 aromatic rings. The molecule has 0 aliphatic carbocycles. The van der Waals surface area contributed by atoms with Gasteiger partial charge in [-0.15, -0.1) is 0 Å². The molecule has 0 radical (unpaired) electrons. The number of hydrogen-bond acceptors (Lipinski definition) is 2. The van der Waals surface area contributed by atoms with Gasteiger partial charge in [-0.25, -0.2) is 0 Å². The Bertz CT molecular complexity index is 311. The minimum atomic E-state index is 0.368. The molecule has 18 heavy (non-hydrogen) atoms.